The fourth-order valence-electron chi connectivity index (χ4n) is 2.95. The fourth-order valence-corrected chi connectivity index (χ4v) is 3.23. The van der Waals surface area contributed by atoms with Crippen LogP contribution in [0.4, 0.5) is 0 Å². The summed E-state index contributed by atoms with van der Waals surface area (Å²) in [5.74, 6) is 1.49. The number of nitrogens with one attached hydrogen (secondary N) is 2. The van der Waals surface area contributed by atoms with Gasteiger partial charge >= 0.3 is 0 Å². The molecular formula is C22H30N2O2S. The van der Waals surface area contributed by atoms with E-state index in [9.17, 15) is 0 Å². The van der Waals surface area contributed by atoms with Gasteiger partial charge in [-0.1, -0.05) is 43.7 Å². The SMILES string of the molecule is CCCc1ccc(C(C)NC(=S)NCCc2ccc(OC)c(OC)c2)cc1. The van der Waals surface area contributed by atoms with Gasteiger partial charge in [-0.05, 0) is 60.8 Å². The summed E-state index contributed by atoms with van der Waals surface area (Å²) in [6.45, 7) is 5.07. The summed E-state index contributed by atoms with van der Waals surface area (Å²) >= 11 is 5.43. The number of benzene rings is 2. The Morgan fingerprint density at radius 1 is 0.963 bits per heavy atom. The maximum absolute atomic E-state index is 5.43. The summed E-state index contributed by atoms with van der Waals surface area (Å²) in [6.07, 6.45) is 3.14. The summed E-state index contributed by atoms with van der Waals surface area (Å²) < 4.78 is 10.6. The molecular weight excluding hydrogens is 356 g/mol. The minimum Gasteiger partial charge on any atom is -0.493 e. The number of ether oxygens (including phenoxy) is 2. The minimum atomic E-state index is 0.168. The van der Waals surface area contributed by atoms with Crippen molar-refractivity contribution in [2.45, 2.75) is 39.2 Å². The molecule has 4 nitrogen and oxygen atoms in total. The Bertz CT molecular complexity index is 732. The molecule has 0 heterocycles. The Morgan fingerprint density at radius 3 is 2.26 bits per heavy atom. The van der Waals surface area contributed by atoms with Gasteiger partial charge in [-0.2, -0.15) is 0 Å². The number of rotatable bonds is 9. The zero-order valence-electron chi connectivity index (χ0n) is 16.7. The monoisotopic (exact) mass is 386 g/mol. The lowest BCUT2D eigenvalue weighted by Crippen LogP contribution is -2.37. The van der Waals surface area contributed by atoms with Gasteiger partial charge in [-0.15, -0.1) is 0 Å². The largest absolute Gasteiger partial charge is 0.493 e. The van der Waals surface area contributed by atoms with Gasteiger partial charge in [0.15, 0.2) is 16.6 Å². The zero-order chi connectivity index (χ0) is 19.6. The van der Waals surface area contributed by atoms with Crippen molar-refractivity contribution >= 4 is 17.3 Å². The minimum absolute atomic E-state index is 0.168. The van der Waals surface area contributed by atoms with E-state index in [0.29, 0.717) is 5.11 Å². The van der Waals surface area contributed by atoms with Gasteiger partial charge in [0.05, 0.1) is 20.3 Å². The Hall–Kier alpha value is -2.27. The quantitative estimate of drug-likeness (QED) is 0.624. The molecule has 1 atom stereocenters. The van der Waals surface area contributed by atoms with Gasteiger partial charge in [0.2, 0.25) is 0 Å². The molecule has 0 radical (unpaired) electrons. The van der Waals surface area contributed by atoms with Crippen molar-refractivity contribution in [1.29, 1.82) is 0 Å². The van der Waals surface area contributed by atoms with E-state index in [0.717, 1.165) is 30.9 Å². The van der Waals surface area contributed by atoms with Crippen molar-refractivity contribution in [1.82, 2.24) is 10.6 Å². The van der Waals surface area contributed by atoms with Crippen LogP contribution < -0.4 is 20.1 Å². The Morgan fingerprint density at radius 2 is 1.63 bits per heavy atom. The molecule has 2 N–H and O–H groups in total. The first kappa shape index (κ1) is 21.0. The van der Waals surface area contributed by atoms with Crippen LogP contribution in [0.15, 0.2) is 42.5 Å². The molecule has 146 valence electrons. The number of aryl methyl sites for hydroxylation is 1. The second-order valence-electron chi connectivity index (χ2n) is 6.55. The van der Waals surface area contributed by atoms with Crippen molar-refractivity contribution in [3.8, 4) is 11.5 Å². The molecule has 2 rings (SSSR count). The number of methoxy groups -OCH3 is 2. The van der Waals surface area contributed by atoms with E-state index in [1.165, 1.54) is 23.1 Å². The van der Waals surface area contributed by atoms with Crippen molar-refractivity contribution in [3.63, 3.8) is 0 Å². The van der Waals surface area contributed by atoms with Crippen molar-refractivity contribution in [3.05, 3.63) is 59.2 Å². The maximum atomic E-state index is 5.43. The summed E-state index contributed by atoms with van der Waals surface area (Å²) in [5, 5.41) is 7.30. The standard InChI is InChI=1S/C22H30N2O2S/c1-5-6-17-7-10-19(11-8-17)16(2)24-22(27)23-14-13-18-9-12-20(25-3)21(15-18)26-4/h7-12,15-16H,5-6,13-14H2,1-4H3,(H2,23,24,27). The topological polar surface area (TPSA) is 42.5 Å². The molecule has 0 spiro atoms. The average Bonchev–Trinajstić information content (AvgIpc) is 2.68. The highest BCUT2D eigenvalue weighted by molar-refractivity contribution is 7.80. The maximum Gasteiger partial charge on any atom is 0.166 e. The van der Waals surface area contributed by atoms with Gasteiger partial charge in [0.25, 0.3) is 0 Å². The van der Waals surface area contributed by atoms with Crippen LogP contribution in [0.1, 0.15) is 43.0 Å². The van der Waals surface area contributed by atoms with Gasteiger partial charge in [-0.25, -0.2) is 0 Å². The van der Waals surface area contributed by atoms with E-state index in [4.69, 9.17) is 21.7 Å². The van der Waals surface area contributed by atoms with E-state index in [-0.39, 0.29) is 6.04 Å². The highest BCUT2D eigenvalue weighted by Crippen LogP contribution is 2.27. The first-order valence-corrected chi connectivity index (χ1v) is 9.82. The highest BCUT2D eigenvalue weighted by Gasteiger charge is 2.08. The van der Waals surface area contributed by atoms with Crippen molar-refractivity contribution in [2.24, 2.45) is 0 Å². The molecule has 0 aliphatic heterocycles. The summed E-state index contributed by atoms with van der Waals surface area (Å²) in [6, 6.07) is 14.9. The number of hydrogen-bond acceptors (Lipinski definition) is 3. The molecule has 2 aromatic rings. The van der Waals surface area contributed by atoms with Gasteiger partial charge in [0.1, 0.15) is 0 Å². The van der Waals surface area contributed by atoms with E-state index in [1.807, 2.05) is 18.2 Å². The molecule has 27 heavy (non-hydrogen) atoms. The van der Waals surface area contributed by atoms with E-state index in [2.05, 4.69) is 48.7 Å². The Labute approximate surface area is 168 Å². The van der Waals surface area contributed by atoms with Gasteiger partial charge in [-0.3, -0.25) is 0 Å². The molecule has 0 fully saturated rings. The van der Waals surface area contributed by atoms with Crippen LogP contribution in [-0.2, 0) is 12.8 Å². The van der Waals surface area contributed by atoms with Crippen LogP contribution in [0.5, 0.6) is 11.5 Å². The fraction of sp³-hybridized carbons (Fsp3) is 0.409. The van der Waals surface area contributed by atoms with E-state index < -0.39 is 0 Å². The lowest BCUT2D eigenvalue weighted by Gasteiger charge is -2.18. The smallest absolute Gasteiger partial charge is 0.166 e. The predicted octanol–water partition coefficient (Wildman–Crippen LogP) is 4.42. The van der Waals surface area contributed by atoms with E-state index >= 15 is 0 Å². The first-order chi connectivity index (χ1) is 13.1. The molecule has 2 aromatic carbocycles. The molecule has 5 heteroatoms. The second-order valence-corrected chi connectivity index (χ2v) is 6.96. The molecule has 0 bridgehead atoms. The van der Waals surface area contributed by atoms with Crippen LogP contribution in [0.2, 0.25) is 0 Å². The van der Waals surface area contributed by atoms with Crippen LogP contribution in [-0.4, -0.2) is 25.9 Å². The third kappa shape index (κ3) is 6.43. The lowest BCUT2D eigenvalue weighted by molar-refractivity contribution is 0.354. The van der Waals surface area contributed by atoms with Gasteiger partial charge in [0, 0.05) is 6.54 Å². The second kappa shape index (κ2) is 10.8. The molecule has 0 saturated carbocycles. The Kier molecular flexibility index (Phi) is 8.40. The summed E-state index contributed by atoms with van der Waals surface area (Å²) in [4.78, 5) is 0. The first-order valence-electron chi connectivity index (χ1n) is 9.41. The molecule has 1 unspecified atom stereocenters. The zero-order valence-corrected chi connectivity index (χ0v) is 17.5. The van der Waals surface area contributed by atoms with Crippen molar-refractivity contribution in [2.75, 3.05) is 20.8 Å². The molecule has 0 aliphatic carbocycles. The molecule has 0 saturated heterocycles. The summed E-state index contributed by atoms with van der Waals surface area (Å²) in [5.41, 5.74) is 3.78. The number of hydrogen-bond donors (Lipinski definition) is 2. The van der Waals surface area contributed by atoms with Crippen molar-refractivity contribution < 1.29 is 9.47 Å². The van der Waals surface area contributed by atoms with Crippen LogP contribution in [0, 0.1) is 0 Å². The normalized spacial score (nSPS) is 11.6. The van der Waals surface area contributed by atoms with E-state index in [1.54, 1.807) is 14.2 Å². The molecule has 0 aromatic heterocycles. The van der Waals surface area contributed by atoms with Gasteiger partial charge < -0.3 is 20.1 Å². The highest BCUT2D eigenvalue weighted by atomic mass is 32.1. The Balaban J connectivity index is 1.80. The third-order valence-corrected chi connectivity index (χ3v) is 4.78. The van der Waals surface area contributed by atoms with Crippen LogP contribution in [0.25, 0.3) is 0 Å². The predicted molar refractivity (Wildman–Crippen MR) is 116 cm³/mol. The summed E-state index contributed by atoms with van der Waals surface area (Å²) in [7, 11) is 3.29. The molecule has 0 aliphatic rings. The van der Waals surface area contributed by atoms with Crippen LogP contribution in [0.3, 0.4) is 0 Å². The third-order valence-electron chi connectivity index (χ3n) is 4.51. The van der Waals surface area contributed by atoms with Crippen LogP contribution >= 0.6 is 12.2 Å². The number of thiocarbonyl (C=S) groups is 1. The lowest BCUT2D eigenvalue weighted by atomic mass is 10.0. The molecule has 0 amide bonds. The average molecular weight is 387 g/mol.